The number of pyridine rings is 1. The van der Waals surface area contributed by atoms with E-state index in [0.29, 0.717) is 30.2 Å². The normalized spacial score (nSPS) is 25.1. The summed E-state index contributed by atoms with van der Waals surface area (Å²) in [6, 6.07) is -0.459. The molecule has 3 rings (SSSR count). The van der Waals surface area contributed by atoms with E-state index in [4.69, 9.17) is 4.52 Å². The van der Waals surface area contributed by atoms with Gasteiger partial charge in [0.05, 0.1) is 23.8 Å². The molecule has 1 aliphatic rings. The van der Waals surface area contributed by atoms with Crippen molar-refractivity contribution >= 4 is 16.7 Å². The van der Waals surface area contributed by atoms with Gasteiger partial charge in [-0.1, -0.05) is 36.4 Å². The van der Waals surface area contributed by atoms with Gasteiger partial charge in [-0.25, -0.2) is 10.1 Å². The Hall–Kier alpha value is -2.26. The van der Waals surface area contributed by atoms with Crippen molar-refractivity contribution in [2.75, 3.05) is 5.01 Å². The minimum absolute atomic E-state index is 0.274. The monoisotopic (exact) mass is 390 g/mol. The minimum atomic E-state index is -0.721. The highest BCUT2D eigenvalue weighted by Gasteiger charge is 2.52. The molecule has 0 bridgehead atoms. The van der Waals surface area contributed by atoms with Gasteiger partial charge in [0.2, 0.25) is 0 Å². The Kier molecular flexibility index (Phi) is 5.58. The summed E-state index contributed by atoms with van der Waals surface area (Å²) < 4.78 is 5.27. The van der Waals surface area contributed by atoms with Crippen LogP contribution in [-0.4, -0.2) is 37.4 Å². The van der Waals surface area contributed by atoms with E-state index in [1.54, 1.807) is 6.20 Å². The quantitative estimate of drug-likeness (QED) is 0.397. The summed E-state index contributed by atoms with van der Waals surface area (Å²) in [5.74, 6) is 0. The van der Waals surface area contributed by atoms with Crippen molar-refractivity contribution in [1.82, 2.24) is 15.2 Å². The average molecular weight is 390 g/mol. The number of rotatable bonds is 7. The molecule has 1 fully saturated rings. The van der Waals surface area contributed by atoms with E-state index in [-0.39, 0.29) is 5.69 Å². The standard InChI is InChI=1S/C19H28N5O4/c1-5-6-7-8-19(4)10-15(9-18(2,3)23(19)25)22(24(26)27)16-13-20-11-14-12-21-28-17(14)16/h11-13,15H,5-10H2,1-4H3. The van der Waals surface area contributed by atoms with Crippen molar-refractivity contribution in [3.8, 4) is 0 Å². The molecule has 2 unspecified atom stereocenters. The number of fused-ring (bicyclic) bond motifs is 1. The number of aromatic nitrogens is 2. The van der Waals surface area contributed by atoms with Gasteiger partial charge in [-0.05, 0) is 40.0 Å². The van der Waals surface area contributed by atoms with Crippen molar-refractivity contribution < 1.29 is 14.8 Å². The maximum absolute atomic E-state index is 13.1. The van der Waals surface area contributed by atoms with Gasteiger partial charge in [0.1, 0.15) is 0 Å². The Morgan fingerprint density at radius 3 is 2.71 bits per heavy atom. The van der Waals surface area contributed by atoms with Crippen molar-refractivity contribution in [3.05, 3.63) is 28.7 Å². The third-order valence-electron chi connectivity index (χ3n) is 5.78. The van der Waals surface area contributed by atoms with Crippen molar-refractivity contribution in [3.63, 3.8) is 0 Å². The molecule has 0 aromatic carbocycles. The van der Waals surface area contributed by atoms with Crippen LogP contribution in [0.15, 0.2) is 23.1 Å². The Bertz CT molecular complexity index is 839. The smallest absolute Gasteiger partial charge is 0.199 e. The van der Waals surface area contributed by atoms with Crippen molar-refractivity contribution in [2.24, 2.45) is 0 Å². The summed E-state index contributed by atoms with van der Waals surface area (Å²) in [5.41, 5.74) is -0.780. The molecule has 0 aliphatic carbocycles. The fraction of sp³-hybridized carbons (Fsp3) is 0.684. The second-order valence-electron chi connectivity index (χ2n) is 8.61. The zero-order valence-electron chi connectivity index (χ0n) is 16.9. The molecule has 153 valence electrons. The van der Waals surface area contributed by atoms with E-state index in [9.17, 15) is 15.3 Å². The summed E-state index contributed by atoms with van der Waals surface area (Å²) in [6.45, 7) is 7.75. The molecule has 2 atom stereocenters. The zero-order valence-corrected chi connectivity index (χ0v) is 16.9. The predicted molar refractivity (Wildman–Crippen MR) is 103 cm³/mol. The number of hydroxylamine groups is 2. The van der Waals surface area contributed by atoms with Crippen LogP contribution < -0.4 is 5.01 Å². The molecule has 1 aliphatic heterocycles. The zero-order chi connectivity index (χ0) is 20.5. The van der Waals surface area contributed by atoms with Crippen molar-refractivity contribution in [2.45, 2.75) is 83.3 Å². The van der Waals surface area contributed by atoms with Gasteiger partial charge in [0.15, 0.2) is 16.3 Å². The van der Waals surface area contributed by atoms with E-state index < -0.39 is 22.2 Å². The van der Waals surface area contributed by atoms with Gasteiger partial charge in [-0.2, -0.15) is 0 Å². The summed E-state index contributed by atoms with van der Waals surface area (Å²) in [4.78, 5) is 16.2. The van der Waals surface area contributed by atoms with Gasteiger partial charge in [0.25, 0.3) is 0 Å². The molecule has 2 aromatic rings. The first-order chi connectivity index (χ1) is 13.2. The number of hydrazine groups is 1. The topological polar surface area (TPSA) is 108 Å². The summed E-state index contributed by atoms with van der Waals surface area (Å²) >= 11 is 0. The molecule has 9 nitrogen and oxygen atoms in total. The van der Waals surface area contributed by atoms with Crippen LogP contribution in [0.2, 0.25) is 0 Å². The van der Waals surface area contributed by atoms with Crippen LogP contribution in [0.25, 0.3) is 11.0 Å². The Labute approximate surface area is 164 Å². The Balaban J connectivity index is 1.98. The van der Waals surface area contributed by atoms with Crippen LogP contribution >= 0.6 is 0 Å². The molecule has 9 heteroatoms. The average Bonchev–Trinajstić information content (AvgIpc) is 3.09. The third-order valence-corrected chi connectivity index (χ3v) is 5.78. The molecule has 3 heterocycles. The second kappa shape index (κ2) is 7.63. The van der Waals surface area contributed by atoms with E-state index >= 15 is 0 Å². The summed E-state index contributed by atoms with van der Waals surface area (Å²) in [6.07, 6.45) is 8.97. The third kappa shape index (κ3) is 3.68. The number of anilines is 1. The number of hydrogen-bond acceptors (Lipinski definition) is 6. The maximum atomic E-state index is 13.1. The van der Waals surface area contributed by atoms with E-state index in [1.165, 1.54) is 12.4 Å². The van der Waals surface area contributed by atoms with E-state index in [1.807, 2.05) is 20.8 Å². The molecule has 28 heavy (non-hydrogen) atoms. The summed E-state index contributed by atoms with van der Waals surface area (Å²) in [7, 11) is 0. The first-order valence-corrected chi connectivity index (χ1v) is 9.79. The fourth-order valence-corrected chi connectivity index (χ4v) is 4.55. The predicted octanol–water partition coefficient (Wildman–Crippen LogP) is 4.15. The Morgan fingerprint density at radius 1 is 1.29 bits per heavy atom. The number of unbranched alkanes of at least 4 members (excludes halogenated alkanes) is 2. The highest BCUT2D eigenvalue weighted by Crippen LogP contribution is 2.43. The lowest BCUT2D eigenvalue weighted by Gasteiger charge is -2.51. The van der Waals surface area contributed by atoms with Gasteiger partial charge in [-0.15, -0.1) is 10.3 Å². The second-order valence-corrected chi connectivity index (χ2v) is 8.61. The molecule has 0 amide bonds. The fourth-order valence-electron chi connectivity index (χ4n) is 4.55. The van der Waals surface area contributed by atoms with Gasteiger partial charge < -0.3 is 4.52 Å². The molecular formula is C19H28N5O4. The van der Waals surface area contributed by atoms with Crippen LogP contribution in [0.5, 0.6) is 0 Å². The number of piperidine rings is 1. The molecule has 0 spiro atoms. The number of hydrogen-bond donors (Lipinski definition) is 0. The van der Waals surface area contributed by atoms with Gasteiger partial charge >= 0.3 is 0 Å². The molecular weight excluding hydrogens is 362 g/mol. The minimum Gasteiger partial charge on any atom is -0.354 e. The summed E-state index contributed by atoms with van der Waals surface area (Å²) in [5, 5.41) is 31.4. The van der Waals surface area contributed by atoms with Crippen LogP contribution in [0, 0.1) is 10.1 Å². The highest BCUT2D eigenvalue weighted by atomic mass is 16.7. The molecule has 1 saturated heterocycles. The number of nitrogens with zero attached hydrogens (tertiary/aromatic N) is 5. The van der Waals surface area contributed by atoms with Crippen LogP contribution in [0.3, 0.4) is 0 Å². The Morgan fingerprint density at radius 2 is 2.04 bits per heavy atom. The van der Waals surface area contributed by atoms with Crippen LogP contribution in [0.4, 0.5) is 5.69 Å². The lowest BCUT2D eigenvalue weighted by atomic mass is 9.75. The highest BCUT2D eigenvalue weighted by molar-refractivity contribution is 5.87. The van der Waals surface area contributed by atoms with E-state index in [2.05, 4.69) is 17.1 Å². The molecule has 1 radical (unpaired) electrons. The first kappa shape index (κ1) is 20.5. The molecule has 0 N–H and O–H groups in total. The lowest BCUT2D eigenvalue weighted by molar-refractivity contribution is -0.503. The van der Waals surface area contributed by atoms with E-state index in [0.717, 1.165) is 29.3 Å². The largest absolute Gasteiger partial charge is 0.354 e. The molecule has 0 saturated carbocycles. The molecule has 2 aromatic heterocycles. The van der Waals surface area contributed by atoms with Gasteiger partial charge in [0, 0.05) is 17.3 Å². The van der Waals surface area contributed by atoms with Crippen LogP contribution in [0.1, 0.15) is 66.2 Å². The number of nitro groups is 1. The van der Waals surface area contributed by atoms with Crippen molar-refractivity contribution in [1.29, 1.82) is 0 Å². The van der Waals surface area contributed by atoms with Gasteiger partial charge in [-0.3, -0.25) is 4.98 Å². The first-order valence-electron chi connectivity index (χ1n) is 9.79. The maximum Gasteiger partial charge on any atom is 0.199 e. The van der Waals surface area contributed by atoms with Crippen LogP contribution in [-0.2, 0) is 5.21 Å². The lowest BCUT2D eigenvalue weighted by Crippen LogP contribution is -2.64. The SMILES string of the molecule is CCCCCC1(C)CC(N(c2cncc3cnoc23)[N+](=O)[O-])CC(C)(C)N1[O].